The number of nitrogens with one attached hydrogen (secondary N) is 1. The lowest BCUT2D eigenvalue weighted by Gasteiger charge is -2.35. The number of hydrogen-bond donors (Lipinski definition) is 1. The summed E-state index contributed by atoms with van der Waals surface area (Å²) in [4.78, 5) is 18.3. The van der Waals surface area contributed by atoms with E-state index in [1.54, 1.807) is 18.2 Å². The molecule has 1 aromatic rings. The van der Waals surface area contributed by atoms with E-state index >= 15 is 0 Å². The van der Waals surface area contributed by atoms with Gasteiger partial charge in [0.2, 0.25) is 0 Å². The van der Waals surface area contributed by atoms with Gasteiger partial charge in [0.25, 0.3) is 5.91 Å². The zero-order valence-electron chi connectivity index (χ0n) is 10.7. The first-order chi connectivity index (χ1) is 8.56. The van der Waals surface area contributed by atoms with Crippen LogP contribution in [0.5, 0.6) is 0 Å². The van der Waals surface area contributed by atoms with Gasteiger partial charge in [-0.25, -0.2) is 4.98 Å². The van der Waals surface area contributed by atoms with Gasteiger partial charge in [0.1, 0.15) is 10.8 Å². The van der Waals surface area contributed by atoms with Crippen LogP contribution in [0.25, 0.3) is 0 Å². The summed E-state index contributed by atoms with van der Waals surface area (Å²) in [5.41, 5.74) is 0.383. The summed E-state index contributed by atoms with van der Waals surface area (Å²) in [6.07, 6.45) is 1.95. The summed E-state index contributed by atoms with van der Waals surface area (Å²) in [5.74, 6) is -0.140. The molecule has 1 amide bonds. The molecule has 4 nitrogen and oxygen atoms in total. The van der Waals surface area contributed by atoms with Crippen LogP contribution in [0.1, 0.15) is 30.3 Å². The van der Waals surface area contributed by atoms with Gasteiger partial charge >= 0.3 is 0 Å². The number of amides is 1. The van der Waals surface area contributed by atoms with E-state index < -0.39 is 0 Å². The van der Waals surface area contributed by atoms with Gasteiger partial charge in [-0.3, -0.25) is 4.79 Å². The Hall–Kier alpha value is -1.13. The average Bonchev–Trinajstić information content (AvgIpc) is 2.34. The van der Waals surface area contributed by atoms with Gasteiger partial charge in [0.15, 0.2) is 0 Å². The first kappa shape index (κ1) is 13.3. The molecule has 1 aromatic heterocycles. The number of halogens is 1. The zero-order chi connectivity index (χ0) is 13.1. The molecule has 1 aliphatic heterocycles. The summed E-state index contributed by atoms with van der Waals surface area (Å²) in [6, 6.07) is 5.80. The van der Waals surface area contributed by atoms with Crippen LogP contribution < -0.4 is 5.32 Å². The Labute approximate surface area is 112 Å². The molecule has 1 fully saturated rings. The van der Waals surface area contributed by atoms with Crippen molar-refractivity contribution < 1.29 is 4.79 Å². The fraction of sp³-hybridized carbons (Fsp3) is 0.538. The van der Waals surface area contributed by atoms with E-state index in [0.29, 0.717) is 16.9 Å². The Morgan fingerprint density at radius 3 is 3.00 bits per heavy atom. The first-order valence-corrected chi connectivity index (χ1v) is 6.57. The highest BCUT2D eigenvalue weighted by Crippen LogP contribution is 2.15. The molecule has 2 atom stereocenters. The molecule has 2 heterocycles. The molecule has 0 spiro atoms. The minimum absolute atomic E-state index is 0.140. The molecule has 0 radical (unpaired) electrons. The van der Waals surface area contributed by atoms with Crippen molar-refractivity contribution in [2.75, 3.05) is 13.6 Å². The maximum Gasteiger partial charge on any atom is 0.270 e. The van der Waals surface area contributed by atoms with Crippen LogP contribution in [0, 0.1) is 0 Å². The lowest BCUT2D eigenvalue weighted by Crippen LogP contribution is -2.47. The molecule has 0 bridgehead atoms. The Balaban J connectivity index is 1.96. The first-order valence-electron chi connectivity index (χ1n) is 6.20. The van der Waals surface area contributed by atoms with Crippen LogP contribution in [0.2, 0.25) is 5.15 Å². The van der Waals surface area contributed by atoms with E-state index in [9.17, 15) is 4.79 Å². The van der Waals surface area contributed by atoms with Crippen LogP contribution in [-0.4, -0.2) is 41.5 Å². The van der Waals surface area contributed by atoms with Crippen LogP contribution in [0.3, 0.4) is 0 Å². The Kier molecular flexibility index (Phi) is 4.19. The molecule has 2 rings (SSSR count). The second-order valence-electron chi connectivity index (χ2n) is 4.87. The van der Waals surface area contributed by atoms with Crippen molar-refractivity contribution in [1.82, 2.24) is 15.2 Å². The van der Waals surface area contributed by atoms with Crippen molar-refractivity contribution in [3.8, 4) is 0 Å². The van der Waals surface area contributed by atoms with Crippen LogP contribution in [0.4, 0.5) is 0 Å². The molecule has 98 valence electrons. The quantitative estimate of drug-likeness (QED) is 0.833. The number of rotatable bonds is 2. The third-order valence-electron chi connectivity index (χ3n) is 3.49. The summed E-state index contributed by atoms with van der Waals surface area (Å²) in [6.45, 7) is 3.19. The number of carbonyl (C=O) groups excluding carboxylic acids is 1. The van der Waals surface area contributed by atoms with Crippen LogP contribution >= 0.6 is 11.6 Å². The minimum Gasteiger partial charge on any atom is -0.348 e. The van der Waals surface area contributed by atoms with E-state index in [1.165, 1.54) is 0 Å². The lowest BCUT2D eigenvalue weighted by atomic mass is 9.99. The fourth-order valence-corrected chi connectivity index (χ4v) is 2.38. The van der Waals surface area contributed by atoms with E-state index in [1.807, 2.05) is 0 Å². The number of nitrogens with zero attached hydrogens (tertiary/aromatic N) is 2. The summed E-state index contributed by atoms with van der Waals surface area (Å²) in [7, 11) is 2.11. The predicted molar refractivity (Wildman–Crippen MR) is 71.8 cm³/mol. The van der Waals surface area contributed by atoms with Crippen LogP contribution in [0.15, 0.2) is 18.2 Å². The number of aromatic nitrogens is 1. The highest BCUT2D eigenvalue weighted by atomic mass is 35.5. The Bertz CT molecular complexity index is 438. The second-order valence-corrected chi connectivity index (χ2v) is 5.26. The van der Waals surface area contributed by atoms with Crippen molar-refractivity contribution in [3.05, 3.63) is 29.0 Å². The van der Waals surface area contributed by atoms with Gasteiger partial charge in [-0.15, -0.1) is 0 Å². The molecule has 18 heavy (non-hydrogen) atoms. The van der Waals surface area contributed by atoms with Crippen molar-refractivity contribution in [2.45, 2.75) is 31.8 Å². The Morgan fingerprint density at radius 1 is 1.56 bits per heavy atom. The maximum atomic E-state index is 12.0. The SMILES string of the molecule is CC1CC(NC(=O)c2cccc(Cl)n2)CCN1C. The number of likely N-dealkylation sites (tertiary alicyclic amines) is 1. The van der Waals surface area contributed by atoms with Gasteiger partial charge < -0.3 is 10.2 Å². The standard InChI is InChI=1S/C13H18ClN3O/c1-9-8-10(6-7-17(9)2)15-13(18)11-4-3-5-12(14)16-11/h3-5,9-10H,6-8H2,1-2H3,(H,15,18). The van der Waals surface area contributed by atoms with E-state index in [-0.39, 0.29) is 11.9 Å². The molecule has 0 aliphatic carbocycles. The monoisotopic (exact) mass is 267 g/mol. The molecule has 0 aromatic carbocycles. The summed E-state index contributed by atoms with van der Waals surface area (Å²) < 4.78 is 0. The molecule has 1 N–H and O–H groups in total. The number of piperidine rings is 1. The van der Waals surface area contributed by atoms with E-state index in [2.05, 4.69) is 29.2 Å². The van der Waals surface area contributed by atoms with Crippen molar-refractivity contribution >= 4 is 17.5 Å². The highest BCUT2D eigenvalue weighted by molar-refractivity contribution is 6.29. The summed E-state index contributed by atoms with van der Waals surface area (Å²) >= 11 is 5.78. The molecule has 1 saturated heterocycles. The fourth-order valence-electron chi connectivity index (χ4n) is 2.21. The number of carbonyl (C=O) groups is 1. The molecule has 0 saturated carbocycles. The number of hydrogen-bond acceptors (Lipinski definition) is 3. The van der Waals surface area contributed by atoms with Crippen molar-refractivity contribution in [2.24, 2.45) is 0 Å². The maximum absolute atomic E-state index is 12.0. The van der Waals surface area contributed by atoms with Gasteiger partial charge in [0, 0.05) is 18.6 Å². The van der Waals surface area contributed by atoms with Gasteiger partial charge in [-0.05, 0) is 38.9 Å². The minimum atomic E-state index is -0.140. The molecular weight excluding hydrogens is 250 g/mol. The molecular formula is C13H18ClN3O. The van der Waals surface area contributed by atoms with Gasteiger partial charge in [-0.1, -0.05) is 17.7 Å². The topological polar surface area (TPSA) is 45.2 Å². The molecule has 5 heteroatoms. The zero-order valence-corrected chi connectivity index (χ0v) is 11.4. The van der Waals surface area contributed by atoms with Crippen molar-refractivity contribution in [1.29, 1.82) is 0 Å². The highest BCUT2D eigenvalue weighted by Gasteiger charge is 2.24. The third-order valence-corrected chi connectivity index (χ3v) is 3.70. The van der Waals surface area contributed by atoms with E-state index in [0.717, 1.165) is 19.4 Å². The van der Waals surface area contributed by atoms with Crippen molar-refractivity contribution in [3.63, 3.8) is 0 Å². The molecule has 1 aliphatic rings. The largest absolute Gasteiger partial charge is 0.348 e. The number of pyridine rings is 1. The van der Waals surface area contributed by atoms with Gasteiger partial charge in [0.05, 0.1) is 0 Å². The van der Waals surface area contributed by atoms with E-state index in [4.69, 9.17) is 11.6 Å². The normalized spacial score (nSPS) is 24.8. The summed E-state index contributed by atoms with van der Waals surface area (Å²) in [5, 5.41) is 3.37. The molecule has 2 unspecified atom stereocenters. The lowest BCUT2D eigenvalue weighted by molar-refractivity contribution is 0.0891. The average molecular weight is 268 g/mol. The van der Waals surface area contributed by atoms with Crippen LogP contribution in [-0.2, 0) is 0 Å². The Morgan fingerprint density at radius 2 is 2.33 bits per heavy atom. The van der Waals surface area contributed by atoms with Gasteiger partial charge in [-0.2, -0.15) is 0 Å². The third kappa shape index (κ3) is 3.21. The predicted octanol–water partition coefficient (Wildman–Crippen LogP) is 1.95. The smallest absolute Gasteiger partial charge is 0.270 e. The second kappa shape index (κ2) is 5.67.